The van der Waals surface area contributed by atoms with Gasteiger partial charge in [0.2, 0.25) is 11.8 Å². The van der Waals surface area contributed by atoms with Crippen LogP contribution in [0.4, 0.5) is 18.9 Å². The SMILES string of the molecule is Cc1nc(Cc2cnc(Oc3ccc(N(C(=O)[C@H]4CC[C@H](C)CC4)C(C)C)c(C(=O)O)c3)c(C(F)(F)F)c2)cs1. The average Bonchev–Trinajstić information content (AvgIpc) is 3.29. The summed E-state index contributed by atoms with van der Waals surface area (Å²) in [5.74, 6) is -1.96. The van der Waals surface area contributed by atoms with Crippen LogP contribution in [-0.4, -0.2) is 33.0 Å². The Morgan fingerprint density at radius 1 is 1.18 bits per heavy atom. The van der Waals surface area contributed by atoms with Gasteiger partial charge in [0.15, 0.2) is 0 Å². The minimum absolute atomic E-state index is 0.135. The fraction of sp³-hybridized carbons (Fsp3) is 0.448. The fourth-order valence-corrected chi connectivity index (χ4v) is 5.61. The number of nitrogens with zero attached hydrogens (tertiary/aromatic N) is 3. The van der Waals surface area contributed by atoms with Gasteiger partial charge in [-0.2, -0.15) is 13.2 Å². The number of aromatic nitrogens is 2. The molecule has 0 bridgehead atoms. The van der Waals surface area contributed by atoms with E-state index in [2.05, 4.69) is 16.9 Å². The number of hydrogen-bond acceptors (Lipinski definition) is 6. The summed E-state index contributed by atoms with van der Waals surface area (Å²) in [7, 11) is 0. The van der Waals surface area contributed by atoms with Gasteiger partial charge in [0.1, 0.15) is 11.3 Å². The van der Waals surface area contributed by atoms with Crippen LogP contribution in [0, 0.1) is 18.8 Å². The van der Waals surface area contributed by atoms with Crippen LogP contribution in [0.2, 0.25) is 0 Å². The van der Waals surface area contributed by atoms with Gasteiger partial charge in [0, 0.05) is 30.0 Å². The predicted octanol–water partition coefficient (Wildman–Crippen LogP) is 7.51. The highest BCUT2D eigenvalue weighted by atomic mass is 32.1. The number of hydrogen-bond donors (Lipinski definition) is 1. The van der Waals surface area contributed by atoms with Crippen LogP contribution >= 0.6 is 11.3 Å². The Kier molecular flexibility index (Phi) is 8.82. The van der Waals surface area contributed by atoms with E-state index in [1.165, 1.54) is 34.6 Å². The number of pyridine rings is 1. The molecule has 3 aromatic rings. The summed E-state index contributed by atoms with van der Waals surface area (Å²) < 4.78 is 47.4. The van der Waals surface area contributed by atoms with E-state index in [1.54, 1.807) is 19.2 Å². The van der Waals surface area contributed by atoms with Gasteiger partial charge in [0.25, 0.3) is 0 Å². The Hall–Kier alpha value is -3.47. The topological polar surface area (TPSA) is 92.6 Å². The zero-order valence-corrected chi connectivity index (χ0v) is 23.6. The van der Waals surface area contributed by atoms with Gasteiger partial charge in [-0.3, -0.25) is 4.79 Å². The molecule has 40 heavy (non-hydrogen) atoms. The largest absolute Gasteiger partial charge is 0.478 e. The molecule has 2 aromatic heterocycles. The van der Waals surface area contributed by atoms with E-state index in [1.807, 2.05) is 6.92 Å². The summed E-state index contributed by atoms with van der Waals surface area (Å²) in [6.07, 6.45) is 0.0284. The van der Waals surface area contributed by atoms with Gasteiger partial charge in [0.05, 0.1) is 22.0 Å². The van der Waals surface area contributed by atoms with Gasteiger partial charge in [-0.05, 0) is 82.2 Å². The number of benzene rings is 1. The third-order valence-electron chi connectivity index (χ3n) is 7.06. The minimum Gasteiger partial charge on any atom is -0.478 e. The molecule has 0 saturated heterocycles. The number of carbonyl (C=O) groups is 2. The zero-order chi connectivity index (χ0) is 29.2. The fourth-order valence-electron chi connectivity index (χ4n) is 5.00. The van der Waals surface area contributed by atoms with Crippen molar-refractivity contribution < 1.29 is 32.6 Å². The highest BCUT2D eigenvalue weighted by Gasteiger charge is 2.36. The summed E-state index contributed by atoms with van der Waals surface area (Å²) in [5, 5.41) is 12.6. The summed E-state index contributed by atoms with van der Waals surface area (Å²) in [6, 6.07) is 4.55. The molecule has 1 amide bonds. The lowest BCUT2D eigenvalue weighted by Gasteiger charge is -2.34. The van der Waals surface area contributed by atoms with Crippen LogP contribution in [0.3, 0.4) is 0 Å². The molecule has 7 nitrogen and oxygen atoms in total. The predicted molar refractivity (Wildman–Crippen MR) is 146 cm³/mol. The molecule has 0 unspecified atom stereocenters. The molecular formula is C29H32F3N3O4S. The smallest absolute Gasteiger partial charge is 0.421 e. The summed E-state index contributed by atoms with van der Waals surface area (Å²) in [6.45, 7) is 7.56. The molecule has 2 heterocycles. The number of aromatic carboxylic acids is 1. The summed E-state index contributed by atoms with van der Waals surface area (Å²) in [5.41, 5.74) is -0.192. The van der Waals surface area contributed by atoms with E-state index in [-0.39, 0.29) is 41.3 Å². The summed E-state index contributed by atoms with van der Waals surface area (Å²) in [4.78, 5) is 35.4. The van der Waals surface area contributed by atoms with Crippen molar-refractivity contribution in [1.29, 1.82) is 0 Å². The second kappa shape index (κ2) is 12.0. The molecule has 214 valence electrons. The van der Waals surface area contributed by atoms with E-state index >= 15 is 0 Å². The molecule has 0 aliphatic heterocycles. The van der Waals surface area contributed by atoms with Crippen molar-refractivity contribution in [3.05, 3.63) is 63.2 Å². The molecule has 1 aliphatic rings. The maximum Gasteiger partial charge on any atom is 0.421 e. The first-order valence-corrected chi connectivity index (χ1v) is 14.1. The van der Waals surface area contributed by atoms with Gasteiger partial charge in [-0.1, -0.05) is 6.92 Å². The zero-order valence-electron chi connectivity index (χ0n) is 22.8. The molecule has 1 fully saturated rings. The van der Waals surface area contributed by atoms with Gasteiger partial charge < -0.3 is 14.7 Å². The standard InChI is InChI=1S/C29H32F3N3O4S/c1-16(2)35(27(36)20-7-5-17(3)6-8-20)25-10-9-22(13-23(25)28(37)38)39-26-24(29(30,31)32)12-19(14-33-26)11-21-15-40-18(4)34-21/h9-10,12-17,20H,5-8,11H2,1-4H3,(H,37,38)/t17-,20-. The van der Waals surface area contributed by atoms with Gasteiger partial charge in [-0.25, -0.2) is 14.8 Å². The number of halogens is 3. The van der Waals surface area contributed by atoms with E-state index < -0.39 is 23.6 Å². The number of anilines is 1. The summed E-state index contributed by atoms with van der Waals surface area (Å²) >= 11 is 1.41. The van der Waals surface area contributed by atoms with Crippen LogP contribution in [0.5, 0.6) is 11.6 Å². The molecule has 1 N–H and O–H groups in total. The van der Waals surface area contributed by atoms with Crippen LogP contribution in [0.1, 0.15) is 78.6 Å². The van der Waals surface area contributed by atoms with Crippen LogP contribution in [0.25, 0.3) is 0 Å². The van der Waals surface area contributed by atoms with Crippen LogP contribution in [0.15, 0.2) is 35.8 Å². The van der Waals surface area contributed by atoms with E-state index in [0.717, 1.165) is 42.8 Å². The first-order valence-electron chi connectivity index (χ1n) is 13.2. The number of carbonyl (C=O) groups excluding carboxylic acids is 1. The highest BCUT2D eigenvalue weighted by molar-refractivity contribution is 7.09. The lowest BCUT2D eigenvalue weighted by atomic mass is 9.82. The maximum atomic E-state index is 14.0. The number of amides is 1. The van der Waals surface area contributed by atoms with Gasteiger partial charge >= 0.3 is 12.1 Å². The third kappa shape index (κ3) is 6.80. The first-order chi connectivity index (χ1) is 18.8. The van der Waals surface area contributed by atoms with Crippen LogP contribution in [-0.2, 0) is 17.4 Å². The second-order valence-electron chi connectivity index (χ2n) is 10.6. The minimum atomic E-state index is -4.76. The molecule has 0 atom stereocenters. The van der Waals surface area contributed by atoms with Crippen molar-refractivity contribution in [2.24, 2.45) is 11.8 Å². The Morgan fingerprint density at radius 3 is 2.45 bits per heavy atom. The number of carboxylic acids is 1. The molecule has 0 radical (unpaired) electrons. The quantitative estimate of drug-likeness (QED) is 0.299. The Labute approximate surface area is 235 Å². The molecule has 4 rings (SSSR count). The number of thiazole rings is 1. The van der Waals surface area contributed by atoms with Crippen LogP contribution < -0.4 is 9.64 Å². The van der Waals surface area contributed by atoms with Crippen molar-refractivity contribution in [1.82, 2.24) is 9.97 Å². The Morgan fingerprint density at radius 2 is 1.88 bits per heavy atom. The molecule has 1 aliphatic carbocycles. The number of carboxylic acid groups (broad SMARTS) is 1. The first kappa shape index (κ1) is 29.5. The number of aryl methyl sites for hydroxylation is 1. The van der Waals surface area contributed by atoms with Crippen molar-refractivity contribution in [2.75, 3.05) is 4.90 Å². The highest BCUT2D eigenvalue weighted by Crippen LogP contribution is 2.39. The maximum absolute atomic E-state index is 14.0. The molecule has 0 spiro atoms. The Bertz CT molecular complexity index is 1380. The number of rotatable bonds is 8. The van der Waals surface area contributed by atoms with Crippen molar-refractivity contribution >= 4 is 28.9 Å². The normalized spacial score (nSPS) is 17.6. The lowest BCUT2D eigenvalue weighted by Crippen LogP contribution is -2.42. The van der Waals surface area contributed by atoms with Gasteiger partial charge in [-0.15, -0.1) is 11.3 Å². The molecule has 11 heteroatoms. The molecular weight excluding hydrogens is 543 g/mol. The molecule has 1 aromatic carbocycles. The van der Waals surface area contributed by atoms with Crippen molar-refractivity contribution in [2.45, 2.75) is 72.0 Å². The van der Waals surface area contributed by atoms with E-state index in [4.69, 9.17) is 4.74 Å². The monoisotopic (exact) mass is 575 g/mol. The van der Waals surface area contributed by atoms with E-state index in [9.17, 15) is 27.9 Å². The van der Waals surface area contributed by atoms with Crippen molar-refractivity contribution in [3.63, 3.8) is 0 Å². The third-order valence-corrected chi connectivity index (χ3v) is 7.88. The van der Waals surface area contributed by atoms with E-state index in [0.29, 0.717) is 17.2 Å². The number of ether oxygens (including phenoxy) is 1. The lowest BCUT2D eigenvalue weighted by molar-refractivity contribution is -0.139. The van der Waals surface area contributed by atoms with Crippen molar-refractivity contribution in [3.8, 4) is 11.6 Å². The Balaban J connectivity index is 1.64. The average molecular weight is 576 g/mol. The molecule has 1 saturated carbocycles. The number of alkyl halides is 3. The second-order valence-corrected chi connectivity index (χ2v) is 11.6.